The number of carbonyl (C=O) groups is 1. The number of carbonyl (C=O) groups excluding carboxylic acids is 1. The molecule has 0 atom stereocenters. The molecule has 10 heteroatoms. The second-order valence-corrected chi connectivity index (χ2v) is 8.02. The van der Waals surface area contributed by atoms with Crippen molar-refractivity contribution in [3.05, 3.63) is 60.2 Å². The van der Waals surface area contributed by atoms with Crippen LogP contribution in [0.15, 0.2) is 59.5 Å². The highest BCUT2D eigenvalue weighted by Gasteiger charge is 2.32. The highest BCUT2D eigenvalue weighted by atomic mass is 32.2. The molecule has 1 aliphatic rings. The number of benzene rings is 2. The van der Waals surface area contributed by atoms with Gasteiger partial charge in [-0.3, -0.25) is 4.79 Å². The minimum atomic E-state index is -4.80. The fourth-order valence-electron chi connectivity index (χ4n) is 2.85. The van der Waals surface area contributed by atoms with Gasteiger partial charge < -0.3 is 9.64 Å². The van der Waals surface area contributed by atoms with Crippen LogP contribution in [0.2, 0.25) is 0 Å². The van der Waals surface area contributed by atoms with Gasteiger partial charge in [-0.25, -0.2) is 8.42 Å². The van der Waals surface area contributed by atoms with E-state index in [1.165, 1.54) is 33.5 Å². The standard InChI is InChI=1S/C18H17F3N2O4S/c19-18(20,21)27-15-8-6-14(7-9-15)17(24)22-10-12-23(13-11-22)28(25,26)16-4-2-1-3-5-16/h1-9H,10-13H2. The molecule has 1 heterocycles. The minimum Gasteiger partial charge on any atom is -0.406 e. The van der Waals surface area contributed by atoms with Crippen molar-refractivity contribution in [3.8, 4) is 5.75 Å². The molecular formula is C18H17F3N2O4S. The lowest BCUT2D eigenvalue weighted by molar-refractivity contribution is -0.274. The van der Waals surface area contributed by atoms with Crippen LogP contribution in [0.5, 0.6) is 5.75 Å². The summed E-state index contributed by atoms with van der Waals surface area (Å²) in [5, 5.41) is 0. The summed E-state index contributed by atoms with van der Waals surface area (Å²) in [6, 6.07) is 12.6. The lowest BCUT2D eigenvalue weighted by Crippen LogP contribution is -2.50. The third kappa shape index (κ3) is 4.63. The third-order valence-corrected chi connectivity index (χ3v) is 6.15. The Morgan fingerprint density at radius 2 is 1.46 bits per heavy atom. The van der Waals surface area contributed by atoms with Crippen LogP contribution in [0.1, 0.15) is 10.4 Å². The maximum Gasteiger partial charge on any atom is 0.573 e. The van der Waals surface area contributed by atoms with Gasteiger partial charge in [-0.15, -0.1) is 13.2 Å². The predicted molar refractivity (Wildman–Crippen MR) is 94.2 cm³/mol. The lowest BCUT2D eigenvalue weighted by Gasteiger charge is -2.34. The van der Waals surface area contributed by atoms with Crippen LogP contribution in [-0.4, -0.2) is 56.1 Å². The first-order valence-corrected chi connectivity index (χ1v) is 9.81. The van der Waals surface area contributed by atoms with Gasteiger partial charge in [0, 0.05) is 31.7 Å². The summed E-state index contributed by atoms with van der Waals surface area (Å²) < 4.78 is 66.9. The van der Waals surface area contributed by atoms with E-state index in [1.807, 2.05) is 0 Å². The zero-order valence-electron chi connectivity index (χ0n) is 14.6. The molecule has 1 fully saturated rings. The van der Waals surface area contributed by atoms with E-state index in [0.29, 0.717) is 0 Å². The number of nitrogens with zero attached hydrogens (tertiary/aromatic N) is 2. The van der Waals surface area contributed by atoms with Gasteiger partial charge in [0.1, 0.15) is 5.75 Å². The Bertz CT molecular complexity index is 924. The van der Waals surface area contributed by atoms with Gasteiger partial charge in [0.05, 0.1) is 4.90 Å². The summed E-state index contributed by atoms with van der Waals surface area (Å²) in [5.41, 5.74) is 0.203. The quantitative estimate of drug-likeness (QED) is 0.772. The van der Waals surface area contributed by atoms with E-state index in [2.05, 4.69) is 4.74 Å². The topological polar surface area (TPSA) is 66.9 Å². The van der Waals surface area contributed by atoms with E-state index in [4.69, 9.17) is 0 Å². The summed E-state index contributed by atoms with van der Waals surface area (Å²) in [4.78, 5) is 14.2. The molecule has 0 radical (unpaired) electrons. The van der Waals surface area contributed by atoms with Crippen LogP contribution >= 0.6 is 0 Å². The van der Waals surface area contributed by atoms with Gasteiger partial charge in [-0.2, -0.15) is 4.31 Å². The molecule has 0 saturated carbocycles. The first-order valence-electron chi connectivity index (χ1n) is 8.37. The maximum absolute atomic E-state index is 12.6. The molecule has 2 aromatic carbocycles. The van der Waals surface area contributed by atoms with Crippen LogP contribution in [0, 0.1) is 0 Å². The van der Waals surface area contributed by atoms with E-state index in [0.717, 1.165) is 12.1 Å². The molecule has 1 aliphatic heterocycles. The molecule has 150 valence electrons. The van der Waals surface area contributed by atoms with E-state index in [1.54, 1.807) is 18.2 Å². The number of ether oxygens (including phenoxy) is 1. The van der Waals surface area contributed by atoms with Crippen molar-refractivity contribution in [2.75, 3.05) is 26.2 Å². The molecule has 0 N–H and O–H groups in total. The predicted octanol–water partition coefficient (Wildman–Crippen LogP) is 2.73. The molecule has 3 rings (SSSR count). The van der Waals surface area contributed by atoms with Gasteiger partial charge in [0.2, 0.25) is 10.0 Å². The smallest absolute Gasteiger partial charge is 0.406 e. The number of alkyl halides is 3. The average Bonchev–Trinajstić information content (AvgIpc) is 2.67. The molecule has 1 amide bonds. The number of hydrogen-bond donors (Lipinski definition) is 0. The number of hydrogen-bond acceptors (Lipinski definition) is 4. The van der Waals surface area contributed by atoms with Gasteiger partial charge in [0.25, 0.3) is 5.91 Å². The first kappa shape index (κ1) is 20.2. The van der Waals surface area contributed by atoms with Crippen molar-refractivity contribution in [1.82, 2.24) is 9.21 Å². The van der Waals surface area contributed by atoms with E-state index < -0.39 is 22.1 Å². The third-order valence-electron chi connectivity index (χ3n) is 4.24. The van der Waals surface area contributed by atoms with Crippen LogP contribution < -0.4 is 4.74 Å². The van der Waals surface area contributed by atoms with E-state index in [9.17, 15) is 26.4 Å². The number of amides is 1. The van der Waals surface area contributed by atoms with E-state index >= 15 is 0 Å². The van der Waals surface area contributed by atoms with Gasteiger partial charge in [-0.1, -0.05) is 18.2 Å². The average molecular weight is 414 g/mol. The second-order valence-electron chi connectivity index (χ2n) is 6.08. The Labute approximate surface area is 160 Å². The number of sulfonamides is 1. The van der Waals surface area contributed by atoms with Crippen molar-refractivity contribution < 1.29 is 31.1 Å². The Morgan fingerprint density at radius 1 is 0.893 bits per heavy atom. The summed E-state index contributed by atoms with van der Waals surface area (Å²) in [6.45, 7) is 0.647. The Hall–Kier alpha value is -2.59. The zero-order chi connectivity index (χ0) is 20.4. The molecule has 0 bridgehead atoms. The molecule has 0 aromatic heterocycles. The molecule has 0 unspecified atom stereocenters. The van der Waals surface area contributed by atoms with Crippen LogP contribution in [0.4, 0.5) is 13.2 Å². The minimum absolute atomic E-state index is 0.137. The fourth-order valence-corrected chi connectivity index (χ4v) is 4.30. The van der Waals surface area contributed by atoms with Crippen molar-refractivity contribution in [2.45, 2.75) is 11.3 Å². The number of piperazine rings is 1. The SMILES string of the molecule is O=C(c1ccc(OC(F)(F)F)cc1)N1CCN(S(=O)(=O)c2ccccc2)CC1. The largest absolute Gasteiger partial charge is 0.573 e. The molecule has 2 aromatic rings. The van der Waals surface area contributed by atoms with Gasteiger partial charge in [-0.05, 0) is 36.4 Å². The highest BCUT2D eigenvalue weighted by molar-refractivity contribution is 7.89. The molecule has 0 spiro atoms. The second kappa shape index (κ2) is 7.80. The molecule has 1 saturated heterocycles. The highest BCUT2D eigenvalue weighted by Crippen LogP contribution is 2.23. The summed E-state index contributed by atoms with van der Waals surface area (Å²) in [6.07, 6.45) is -4.80. The van der Waals surface area contributed by atoms with Crippen molar-refractivity contribution in [3.63, 3.8) is 0 Å². The summed E-state index contributed by atoms with van der Waals surface area (Å²) in [5.74, 6) is -0.793. The Balaban J connectivity index is 1.62. The molecule has 28 heavy (non-hydrogen) atoms. The molecule has 0 aliphatic carbocycles. The van der Waals surface area contributed by atoms with E-state index in [-0.39, 0.29) is 42.5 Å². The van der Waals surface area contributed by atoms with Crippen molar-refractivity contribution in [2.24, 2.45) is 0 Å². The van der Waals surface area contributed by atoms with Crippen LogP contribution in [0.25, 0.3) is 0 Å². The summed E-state index contributed by atoms with van der Waals surface area (Å²) in [7, 11) is -3.63. The van der Waals surface area contributed by atoms with Gasteiger partial charge in [0.15, 0.2) is 0 Å². The number of rotatable bonds is 4. The Morgan fingerprint density at radius 3 is 2.00 bits per heavy atom. The fraction of sp³-hybridized carbons (Fsp3) is 0.278. The van der Waals surface area contributed by atoms with Crippen molar-refractivity contribution in [1.29, 1.82) is 0 Å². The van der Waals surface area contributed by atoms with Crippen LogP contribution in [-0.2, 0) is 10.0 Å². The van der Waals surface area contributed by atoms with Crippen LogP contribution in [0.3, 0.4) is 0 Å². The molecular weight excluding hydrogens is 397 g/mol. The normalized spacial score (nSPS) is 16.0. The monoisotopic (exact) mass is 414 g/mol. The van der Waals surface area contributed by atoms with Gasteiger partial charge >= 0.3 is 6.36 Å². The summed E-state index contributed by atoms with van der Waals surface area (Å²) >= 11 is 0. The van der Waals surface area contributed by atoms with Crippen molar-refractivity contribution >= 4 is 15.9 Å². The molecule has 6 nitrogen and oxygen atoms in total. The Kier molecular flexibility index (Phi) is 5.61. The number of halogens is 3. The first-order chi connectivity index (χ1) is 13.2. The maximum atomic E-state index is 12.6. The zero-order valence-corrected chi connectivity index (χ0v) is 15.4. The lowest BCUT2D eigenvalue weighted by atomic mass is 10.2.